The Balaban J connectivity index is 2.52. The Hall–Kier alpha value is -0.500. The Morgan fingerprint density at radius 1 is 1.20 bits per heavy atom. The summed E-state index contributed by atoms with van der Waals surface area (Å²) in [7, 11) is 0. The molecule has 0 spiro atoms. The topological polar surface area (TPSA) is 9.23 Å². The molecule has 0 saturated carbocycles. The van der Waals surface area contributed by atoms with Crippen LogP contribution < -0.4 is 4.74 Å². The maximum atomic E-state index is 5.71. The number of unbranched alkanes of at least 4 members (excludes halogenated alkanes) is 1. The van der Waals surface area contributed by atoms with Crippen molar-refractivity contribution in [3.05, 3.63) is 29.8 Å². The third kappa shape index (κ3) is 4.70. The van der Waals surface area contributed by atoms with Gasteiger partial charge in [0.15, 0.2) is 0 Å². The number of aryl methyl sites for hydroxylation is 1. The van der Waals surface area contributed by atoms with Gasteiger partial charge in [0.1, 0.15) is 5.75 Å². The first kappa shape index (κ1) is 12.6. The number of para-hydroxylation sites is 1. The highest BCUT2D eigenvalue weighted by Crippen LogP contribution is 2.20. The van der Waals surface area contributed by atoms with E-state index in [0.717, 1.165) is 30.5 Å². The number of halogens is 1. The maximum absolute atomic E-state index is 5.71. The molecule has 1 aromatic rings. The molecule has 0 bridgehead atoms. The van der Waals surface area contributed by atoms with Gasteiger partial charge in [0.2, 0.25) is 0 Å². The molecule has 0 aromatic heterocycles. The van der Waals surface area contributed by atoms with Crippen molar-refractivity contribution >= 4 is 15.9 Å². The number of hydrogen-bond acceptors (Lipinski definition) is 1. The van der Waals surface area contributed by atoms with E-state index in [-0.39, 0.29) is 0 Å². The van der Waals surface area contributed by atoms with E-state index in [1.807, 2.05) is 6.07 Å². The zero-order valence-corrected chi connectivity index (χ0v) is 10.9. The van der Waals surface area contributed by atoms with Crippen LogP contribution in [0.3, 0.4) is 0 Å². The molecule has 0 unspecified atom stereocenters. The molecule has 0 aliphatic carbocycles. The third-order valence-electron chi connectivity index (χ3n) is 2.26. The Morgan fingerprint density at radius 2 is 2.00 bits per heavy atom. The number of hydrogen-bond donors (Lipinski definition) is 0. The minimum atomic E-state index is 0.815. The molecule has 1 aromatic carbocycles. The van der Waals surface area contributed by atoms with Crippen LogP contribution >= 0.6 is 15.9 Å². The summed E-state index contributed by atoms with van der Waals surface area (Å²) >= 11 is 3.45. The normalized spacial score (nSPS) is 10.3. The molecule has 1 nitrogen and oxygen atoms in total. The number of rotatable bonds is 7. The Kier molecular flexibility index (Phi) is 6.49. The predicted octanol–water partition coefficient (Wildman–Crippen LogP) is 4.19. The molecule has 15 heavy (non-hydrogen) atoms. The monoisotopic (exact) mass is 270 g/mol. The van der Waals surface area contributed by atoms with Crippen LogP contribution in [0.2, 0.25) is 0 Å². The summed E-state index contributed by atoms with van der Waals surface area (Å²) in [5.41, 5.74) is 1.34. The van der Waals surface area contributed by atoms with Crippen LogP contribution in [0.5, 0.6) is 5.75 Å². The SMILES string of the molecule is CCCOc1ccccc1CCCCBr. The van der Waals surface area contributed by atoms with Gasteiger partial charge in [0.05, 0.1) is 6.61 Å². The molecule has 0 fully saturated rings. The second-order valence-corrected chi connectivity index (χ2v) is 4.40. The van der Waals surface area contributed by atoms with Gasteiger partial charge in [-0.15, -0.1) is 0 Å². The Bertz CT molecular complexity index is 273. The number of ether oxygens (including phenoxy) is 1. The fraction of sp³-hybridized carbons (Fsp3) is 0.538. The molecule has 0 radical (unpaired) electrons. The van der Waals surface area contributed by atoms with E-state index in [9.17, 15) is 0 Å². The van der Waals surface area contributed by atoms with Gasteiger partial charge in [-0.2, -0.15) is 0 Å². The average Bonchev–Trinajstić information content (AvgIpc) is 2.28. The van der Waals surface area contributed by atoms with E-state index < -0.39 is 0 Å². The van der Waals surface area contributed by atoms with Crippen LogP contribution in [-0.2, 0) is 6.42 Å². The molecule has 84 valence electrons. The van der Waals surface area contributed by atoms with Gasteiger partial charge in [-0.3, -0.25) is 0 Å². The highest BCUT2D eigenvalue weighted by molar-refractivity contribution is 9.09. The van der Waals surface area contributed by atoms with Gasteiger partial charge >= 0.3 is 0 Å². The van der Waals surface area contributed by atoms with Gasteiger partial charge in [-0.25, -0.2) is 0 Å². The van der Waals surface area contributed by atoms with E-state index in [2.05, 4.69) is 41.1 Å². The molecule has 0 heterocycles. The first-order valence-electron chi connectivity index (χ1n) is 5.65. The van der Waals surface area contributed by atoms with Crippen molar-refractivity contribution in [1.82, 2.24) is 0 Å². The summed E-state index contributed by atoms with van der Waals surface area (Å²) in [6, 6.07) is 8.36. The molecule has 2 heteroatoms. The second-order valence-electron chi connectivity index (χ2n) is 3.60. The Morgan fingerprint density at radius 3 is 2.73 bits per heavy atom. The van der Waals surface area contributed by atoms with E-state index in [1.165, 1.54) is 18.4 Å². The Labute approximate surface area is 101 Å². The first-order chi connectivity index (χ1) is 7.38. The smallest absolute Gasteiger partial charge is 0.122 e. The van der Waals surface area contributed by atoms with Crippen LogP contribution in [0, 0.1) is 0 Å². The lowest BCUT2D eigenvalue weighted by Crippen LogP contribution is -1.99. The minimum absolute atomic E-state index is 0.815. The summed E-state index contributed by atoms with van der Waals surface area (Å²) < 4.78 is 5.71. The maximum Gasteiger partial charge on any atom is 0.122 e. The van der Waals surface area contributed by atoms with E-state index >= 15 is 0 Å². The largest absolute Gasteiger partial charge is 0.493 e. The fourth-order valence-electron chi connectivity index (χ4n) is 1.47. The average molecular weight is 271 g/mol. The predicted molar refractivity (Wildman–Crippen MR) is 69.0 cm³/mol. The van der Waals surface area contributed by atoms with Crippen LogP contribution in [0.15, 0.2) is 24.3 Å². The van der Waals surface area contributed by atoms with Crippen molar-refractivity contribution in [2.75, 3.05) is 11.9 Å². The first-order valence-corrected chi connectivity index (χ1v) is 6.77. The van der Waals surface area contributed by atoms with Crippen molar-refractivity contribution in [3.8, 4) is 5.75 Å². The van der Waals surface area contributed by atoms with Gasteiger partial charge in [-0.1, -0.05) is 41.1 Å². The molecule has 0 saturated heterocycles. The fourth-order valence-corrected chi connectivity index (χ4v) is 1.87. The van der Waals surface area contributed by atoms with Crippen LogP contribution in [-0.4, -0.2) is 11.9 Å². The van der Waals surface area contributed by atoms with Gasteiger partial charge in [0.25, 0.3) is 0 Å². The van der Waals surface area contributed by atoms with E-state index in [0.29, 0.717) is 0 Å². The van der Waals surface area contributed by atoms with Gasteiger partial charge in [0, 0.05) is 5.33 Å². The molecule has 0 amide bonds. The zero-order valence-electron chi connectivity index (χ0n) is 9.34. The van der Waals surface area contributed by atoms with Crippen molar-refractivity contribution in [1.29, 1.82) is 0 Å². The summed E-state index contributed by atoms with van der Waals surface area (Å²) in [6.07, 6.45) is 4.63. The number of alkyl halides is 1. The molecule has 0 aliphatic heterocycles. The molecule has 1 rings (SSSR count). The highest BCUT2D eigenvalue weighted by atomic mass is 79.9. The lowest BCUT2D eigenvalue weighted by Gasteiger charge is -2.10. The van der Waals surface area contributed by atoms with E-state index in [1.54, 1.807) is 0 Å². The lowest BCUT2D eigenvalue weighted by atomic mass is 10.1. The molecule has 0 N–H and O–H groups in total. The minimum Gasteiger partial charge on any atom is -0.493 e. The van der Waals surface area contributed by atoms with Crippen LogP contribution in [0.25, 0.3) is 0 Å². The third-order valence-corrected chi connectivity index (χ3v) is 2.82. The summed E-state index contributed by atoms with van der Waals surface area (Å²) in [6.45, 7) is 2.95. The second kappa shape index (κ2) is 7.75. The van der Waals surface area contributed by atoms with E-state index in [4.69, 9.17) is 4.74 Å². The zero-order chi connectivity index (χ0) is 10.9. The lowest BCUT2D eigenvalue weighted by molar-refractivity contribution is 0.314. The summed E-state index contributed by atoms with van der Waals surface area (Å²) in [5, 5.41) is 1.09. The molecular weight excluding hydrogens is 252 g/mol. The van der Waals surface area contributed by atoms with Gasteiger partial charge in [-0.05, 0) is 37.3 Å². The standard InChI is InChI=1S/C13H19BrO/c1-2-11-15-13-9-4-3-7-12(13)8-5-6-10-14/h3-4,7,9H,2,5-6,8,10-11H2,1H3. The molecule has 0 atom stereocenters. The summed E-state index contributed by atoms with van der Waals surface area (Å²) in [4.78, 5) is 0. The molecular formula is C13H19BrO. The van der Waals surface area contributed by atoms with Crippen molar-refractivity contribution in [2.24, 2.45) is 0 Å². The highest BCUT2D eigenvalue weighted by Gasteiger charge is 2.01. The van der Waals surface area contributed by atoms with Gasteiger partial charge < -0.3 is 4.74 Å². The van der Waals surface area contributed by atoms with Crippen molar-refractivity contribution in [3.63, 3.8) is 0 Å². The van der Waals surface area contributed by atoms with Crippen molar-refractivity contribution < 1.29 is 4.74 Å². The number of benzene rings is 1. The summed E-state index contributed by atoms with van der Waals surface area (Å²) in [5.74, 6) is 1.06. The van der Waals surface area contributed by atoms with Crippen molar-refractivity contribution in [2.45, 2.75) is 32.6 Å². The van der Waals surface area contributed by atoms with Crippen LogP contribution in [0.1, 0.15) is 31.7 Å². The molecule has 0 aliphatic rings. The quantitative estimate of drug-likeness (QED) is 0.533. The van der Waals surface area contributed by atoms with Crippen LogP contribution in [0.4, 0.5) is 0 Å².